The second-order valence-corrected chi connectivity index (χ2v) is 6.27. The van der Waals surface area contributed by atoms with E-state index >= 15 is 0 Å². The molecule has 0 aliphatic heterocycles. The summed E-state index contributed by atoms with van der Waals surface area (Å²) in [6.45, 7) is 8.27. The number of rotatable bonds is 8. The molecule has 0 radical (unpaired) electrons. The molecule has 116 valence electrons. The van der Waals surface area contributed by atoms with Gasteiger partial charge in [0.05, 0.1) is 6.54 Å². The molecule has 0 saturated heterocycles. The first-order valence-electron chi connectivity index (χ1n) is 7.36. The van der Waals surface area contributed by atoms with E-state index in [-0.39, 0.29) is 5.91 Å². The molecule has 22 heavy (non-hydrogen) atoms. The Morgan fingerprint density at radius 2 is 2.14 bits per heavy atom. The minimum Gasteiger partial charge on any atom is -0.351 e. The van der Waals surface area contributed by atoms with Crippen molar-refractivity contribution in [3.05, 3.63) is 70.4 Å². The van der Waals surface area contributed by atoms with Crippen molar-refractivity contribution in [1.82, 2.24) is 10.2 Å². The van der Waals surface area contributed by atoms with Gasteiger partial charge in [-0.15, -0.1) is 17.9 Å². The molecule has 2 rings (SSSR count). The molecule has 1 aromatic heterocycles. The summed E-state index contributed by atoms with van der Waals surface area (Å²) >= 11 is 1.71. The van der Waals surface area contributed by atoms with E-state index in [0.717, 1.165) is 12.1 Å². The highest BCUT2D eigenvalue weighted by atomic mass is 32.1. The Hall–Kier alpha value is -1.91. The molecule has 0 aliphatic carbocycles. The third kappa shape index (κ3) is 5.13. The van der Waals surface area contributed by atoms with Gasteiger partial charge in [-0.1, -0.05) is 36.4 Å². The van der Waals surface area contributed by atoms with E-state index in [1.165, 1.54) is 10.4 Å². The second-order valence-electron chi connectivity index (χ2n) is 5.24. The van der Waals surface area contributed by atoms with Gasteiger partial charge in [0, 0.05) is 24.5 Å². The standard InChI is InChI=1S/C18H22N2OS/c1-3-10-20(13-17-9-6-11-22-17)14-18(21)19-12-16-8-5-4-7-15(16)2/h3-9,11H,1,10,12-14H2,2H3,(H,19,21). The van der Waals surface area contributed by atoms with Crippen molar-refractivity contribution < 1.29 is 4.79 Å². The van der Waals surface area contributed by atoms with Crippen molar-refractivity contribution in [3.63, 3.8) is 0 Å². The summed E-state index contributed by atoms with van der Waals surface area (Å²) in [7, 11) is 0. The zero-order valence-electron chi connectivity index (χ0n) is 12.9. The van der Waals surface area contributed by atoms with Crippen LogP contribution in [0.4, 0.5) is 0 Å². The Morgan fingerprint density at radius 3 is 2.82 bits per heavy atom. The summed E-state index contributed by atoms with van der Waals surface area (Å²) in [6, 6.07) is 12.2. The number of nitrogens with zero attached hydrogens (tertiary/aromatic N) is 1. The largest absolute Gasteiger partial charge is 0.351 e. The maximum atomic E-state index is 12.2. The molecule has 2 aromatic rings. The Labute approximate surface area is 136 Å². The van der Waals surface area contributed by atoms with Crippen LogP contribution < -0.4 is 5.32 Å². The van der Waals surface area contributed by atoms with Gasteiger partial charge in [0.2, 0.25) is 5.91 Å². The maximum Gasteiger partial charge on any atom is 0.234 e. The Kier molecular flexibility index (Phi) is 6.37. The first kappa shape index (κ1) is 16.5. The lowest BCUT2D eigenvalue weighted by Crippen LogP contribution is -2.36. The molecule has 0 bridgehead atoms. The zero-order valence-corrected chi connectivity index (χ0v) is 13.7. The van der Waals surface area contributed by atoms with Crippen molar-refractivity contribution in [2.24, 2.45) is 0 Å². The van der Waals surface area contributed by atoms with Crippen LogP contribution in [0.5, 0.6) is 0 Å². The van der Waals surface area contributed by atoms with Gasteiger partial charge in [0.1, 0.15) is 0 Å². The Balaban J connectivity index is 1.85. The van der Waals surface area contributed by atoms with E-state index in [1.807, 2.05) is 30.3 Å². The number of carbonyl (C=O) groups excluding carboxylic acids is 1. The molecule has 1 aromatic carbocycles. The molecular weight excluding hydrogens is 292 g/mol. The quantitative estimate of drug-likeness (QED) is 0.758. The Morgan fingerprint density at radius 1 is 1.32 bits per heavy atom. The number of hydrogen-bond donors (Lipinski definition) is 1. The molecular formula is C18H22N2OS. The molecule has 3 nitrogen and oxygen atoms in total. The maximum absolute atomic E-state index is 12.2. The van der Waals surface area contributed by atoms with Crippen LogP contribution in [0.3, 0.4) is 0 Å². The fourth-order valence-electron chi connectivity index (χ4n) is 2.25. The summed E-state index contributed by atoms with van der Waals surface area (Å²) in [5.74, 6) is 0.0432. The van der Waals surface area contributed by atoms with Crippen LogP contribution in [0.25, 0.3) is 0 Å². The van der Waals surface area contributed by atoms with Gasteiger partial charge in [-0.3, -0.25) is 9.69 Å². The molecule has 0 atom stereocenters. The van der Waals surface area contributed by atoms with Gasteiger partial charge >= 0.3 is 0 Å². The van der Waals surface area contributed by atoms with E-state index in [0.29, 0.717) is 19.6 Å². The fraction of sp³-hybridized carbons (Fsp3) is 0.278. The first-order chi connectivity index (χ1) is 10.7. The molecule has 0 spiro atoms. The normalized spacial score (nSPS) is 10.6. The highest BCUT2D eigenvalue weighted by molar-refractivity contribution is 7.09. The molecule has 4 heteroatoms. The highest BCUT2D eigenvalue weighted by Gasteiger charge is 2.11. The smallest absolute Gasteiger partial charge is 0.234 e. The van der Waals surface area contributed by atoms with E-state index in [9.17, 15) is 4.79 Å². The average Bonchev–Trinajstić information content (AvgIpc) is 2.99. The van der Waals surface area contributed by atoms with Crippen LogP contribution in [0.15, 0.2) is 54.4 Å². The van der Waals surface area contributed by atoms with Crippen molar-refractivity contribution in [2.75, 3.05) is 13.1 Å². The van der Waals surface area contributed by atoms with Crippen molar-refractivity contribution in [1.29, 1.82) is 0 Å². The molecule has 1 heterocycles. The number of benzene rings is 1. The monoisotopic (exact) mass is 314 g/mol. The number of amides is 1. The molecule has 1 N–H and O–H groups in total. The molecule has 1 amide bonds. The number of hydrogen-bond acceptors (Lipinski definition) is 3. The van der Waals surface area contributed by atoms with E-state index in [4.69, 9.17) is 0 Å². The predicted octanol–water partition coefficient (Wildman–Crippen LogP) is 3.36. The van der Waals surface area contributed by atoms with E-state index < -0.39 is 0 Å². The number of thiophene rings is 1. The van der Waals surface area contributed by atoms with Crippen molar-refractivity contribution in [2.45, 2.75) is 20.0 Å². The summed E-state index contributed by atoms with van der Waals surface area (Å²) in [5.41, 5.74) is 2.36. The molecule has 0 unspecified atom stereocenters. The average molecular weight is 314 g/mol. The van der Waals surface area contributed by atoms with Gasteiger partial charge in [-0.25, -0.2) is 0 Å². The first-order valence-corrected chi connectivity index (χ1v) is 8.24. The Bertz CT molecular complexity index is 607. The van der Waals surface area contributed by atoms with Gasteiger partial charge in [-0.05, 0) is 29.5 Å². The zero-order chi connectivity index (χ0) is 15.8. The molecule has 0 aliphatic rings. The fourth-order valence-corrected chi connectivity index (χ4v) is 3.00. The predicted molar refractivity (Wildman–Crippen MR) is 92.8 cm³/mol. The lowest BCUT2D eigenvalue weighted by atomic mass is 10.1. The van der Waals surface area contributed by atoms with Crippen LogP contribution in [0, 0.1) is 6.92 Å². The molecule has 0 saturated carbocycles. The summed E-state index contributed by atoms with van der Waals surface area (Å²) in [6.07, 6.45) is 1.84. The van der Waals surface area contributed by atoms with Crippen molar-refractivity contribution >= 4 is 17.2 Å². The van der Waals surface area contributed by atoms with Crippen LogP contribution in [0.2, 0.25) is 0 Å². The number of aryl methyl sites for hydroxylation is 1. The topological polar surface area (TPSA) is 32.3 Å². The van der Waals surface area contributed by atoms with Crippen LogP contribution >= 0.6 is 11.3 Å². The lowest BCUT2D eigenvalue weighted by Gasteiger charge is -2.19. The third-order valence-corrected chi connectivity index (χ3v) is 4.31. The van der Waals surface area contributed by atoms with E-state index in [1.54, 1.807) is 11.3 Å². The van der Waals surface area contributed by atoms with Gasteiger partial charge in [0.25, 0.3) is 0 Å². The summed E-state index contributed by atoms with van der Waals surface area (Å²) in [5, 5.41) is 5.05. The molecule has 0 fully saturated rings. The summed E-state index contributed by atoms with van der Waals surface area (Å²) < 4.78 is 0. The van der Waals surface area contributed by atoms with Gasteiger partial charge in [-0.2, -0.15) is 0 Å². The second kappa shape index (κ2) is 8.51. The lowest BCUT2D eigenvalue weighted by molar-refractivity contribution is -0.122. The minimum atomic E-state index is 0.0432. The van der Waals surface area contributed by atoms with E-state index in [2.05, 4.69) is 41.2 Å². The van der Waals surface area contributed by atoms with Crippen LogP contribution in [-0.2, 0) is 17.9 Å². The van der Waals surface area contributed by atoms with Crippen LogP contribution in [-0.4, -0.2) is 23.9 Å². The number of nitrogens with one attached hydrogen (secondary N) is 1. The minimum absolute atomic E-state index is 0.0432. The SMILES string of the molecule is C=CCN(CC(=O)NCc1ccccc1C)Cc1cccs1. The third-order valence-electron chi connectivity index (χ3n) is 3.45. The van der Waals surface area contributed by atoms with Crippen molar-refractivity contribution in [3.8, 4) is 0 Å². The number of carbonyl (C=O) groups is 1. The van der Waals surface area contributed by atoms with Crippen LogP contribution in [0.1, 0.15) is 16.0 Å². The van der Waals surface area contributed by atoms with Gasteiger partial charge < -0.3 is 5.32 Å². The highest BCUT2D eigenvalue weighted by Crippen LogP contribution is 2.11. The van der Waals surface area contributed by atoms with Gasteiger partial charge in [0.15, 0.2) is 0 Å². The summed E-state index contributed by atoms with van der Waals surface area (Å²) in [4.78, 5) is 15.5.